The monoisotopic (exact) mass is 415 g/mol. The van der Waals surface area contributed by atoms with Crippen LogP contribution in [0.3, 0.4) is 0 Å². The van der Waals surface area contributed by atoms with Gasteiger partial charge in [0.2, 0.25) is 0 Å². The Morgan fingerprint density at radius 3 is 2.69 bits per heavy atom. The number of para-hydroxylation sites is 2. The Morgan fingerprint density at radius 1 is 1.19 bits per heavy atom. The molecule has 1 N–H and O–H groups in total. The molecular weight excluding hydrogens is 397 g/mol. The highest BCUT2D eigenvalue weighted by molar-refractivity contribution is 9.11. The zero-order valence-electron chi connectivity index (χ0n) is 14.2. The van der Waals surface area contributed by atoms with Crippen molar-refractivity contribution in [1.29, 1.82) is 0 Å². The summed E-state index contributed by atoms with van der Waals surface area (Å²) in [5.74, 6) is 0.0278. The lowest BCUT2D eigenvalue weighted by atomic mass is 10.2. The Labute approximate surface area is 159 Å². The molecule has 6 heteroatoms. The van der Waals surface area contributed by atoms with E-state index < -0.39 is 11.7 Å². The van der Waals surface area contributed by atoms with E-state index in [1.54, 1.807) is 12.1 Å². The average Bonchev–Trinajstić information content (AvgIpc) is 2.96. The van der Waals surface area contributed by atoms with Gasteiger partial charge in [-0.3, -0.25) is 4.79 Å². The lowest BCUT2D eigenvalue weighted by Gasteiger charge is -2.09. The van der Waals surface area contributed by atoms with Gasteiger partial charge in [0.15, 0.2) is 0 Å². The summed E-state index contributed by atoms with van der Waals surface area (Å²) in [6.45, 7) is 5.00. The minimum atomic E-state index is -0.511. The number of aryl methyl sites for hydroxylation is 1. The van der Waals surface area contributed by atoms with E-state index in [4.69, 9.17) is 0 Å². The number of hydrogen-bond acceptors (Lipinski definition) is 2. The van der Waals surface area contributed by atoms with Crippen LogP contribution in [0.25, 0.3) is 11.0 Å². The summed E-state index contributed by atoms with van der Waals surface area (Å²) in [5, 5.41) is 2.76. The third kappa shape index (κ3) is 4.19. The number of hydrogen-bond donors (Lipinski definition) is 1. The van der Waals surface area contributed by atoms with Gasteiger partial charge in [-0.1, -0.05) is 46.8 Å². The number of allylic oxidation sites excluding steroid dienone is 1. The fraction of sp³-hybridized carbons (Fsp3) is 0.200. The minimum absolute atomic E-state index is 0.0651. The summed E-state index contributed by atoms with van der Waals surface area (Å²) < 4.78 is 16.6. The van der Waals surface area contributed by atoms with Crippen molar-refractivity contribution in [2.45, 2.75) is 19.4 Å². The van der Waals surface area contributed by atoms with Gasteiger partial charge in [-0.15, -0.1) is 0 Å². The molecule has 0 fully saturated rings. The SMILES string of the molecule is C=C(Br)Cn1c(CCCNC(=O)c2ccccc2F)nc2ccccc21. The van der Waals surface area contributed by atoms with Crippen LogP contribution in [0, 0.1) is 5.82 Å². The highest BCUT2D eigenvalue weighted by atomic mass is 79.9. The zero-order valence-corrected chi connectivity index (χ0v) is 15.8. The van der Waals surface area contributed by atoms with E-state index in [0.717, 1.165) is 21.3 Å². The normalized spacial score (nSPS) is 10.8. The number of fused-ring (bicyclic) bond motifs is 1. The van der Waals surface area contributed by atoms with Crippen molar-refractivity contribution in [2.24, 2.45) is 0 Å². The van der Waals surface area contributed by atoms with Gasteiger partial charge < -0.3 is 9.88 Å². The van der Waals surface area contributed by atoms with Crippen LogP contribution in [0.1, 0.15) is 22.6 Å². The van der Waals surface area contributed by atoms with Gasteiger partial charge in [-0.2, -0.15) is 0 Å². The smallest absolute Gasteiger partial charge is 0.254 e. The maximum absolute atomic E-state index is 13.6. The predicted molar refractivity (Wildman–Crippen MR) is 105 cm³/mol. The molecule has 3 rings (SSSR count). The Hall–Kier alpha value is -2.47. The summed E-state index contributed by atoms with van der Waals surface area (Å²) in [6, 6.07) is 13.9. The van der Waals surface area contributed by atoms with Crippen LogP contribution < -0.4 is 5.32 Å². The summed E-state index contributed by atoms with van der Waals surface area (Å²) in [5.41, 5.74) is 2.06. The molecule has 134 valence electrons. The van der Waals surface area contributed by atoms with E-state index >= 15 is 0 Å². The summed E-state index contributed by atoms with van der Waals surface area (Å²) >= 11 is 3.41. The Kier molecular flexibility index (Phi) is 5.83. The number of benzene rings is 2. The van der Waals surface area contributed by atoms with Crippen molar-refractivity contribution >= 4 is 32.9 Å². The van der Waals surface area contributed by atoms with Gasteiger partial charge >= 0.3 is 0 Å². The summed E-state index contributed by atoms with van der Waals surface area (Å²) in [4.78, 5) is 16.7. The minimum Gasteiger partial charge on any atom is -0.352 e. The molecule has 0 atom stereocenters. The van der Waals surface area contributed by atoms with Crippen molar-refractivity contribution in [2.75, 3.05) is 6.54 Å². The number of imidazole rings is 1. The second-order valence-electron chi connectivity index (χ2n) is 5.96. The molecule has 3 aromatic rings. The standard InChI is InChI=1S/C20H19BrFN3O/c1-14(21)13-25-18-10-5-4-9-17(18)24-19(25)11-6-12-23-20(26)15-7-2-3-8-16(15)22/h2-5,7-10H,1,6,11-13H2,(H,23,26). The first-order chi connectivity index (χ1) is 12.6. The van der Waals surface area contributed by atoms with Crippen molar-refractivity contribution in [3.8, 4) is 0 Å². The van der Waals surface area contributed by atoms with Gasteiger partial charge in [0, 0.05) is 17.4 Å². The first-order valence-corrected chi connectivity index (χ1v) is 9.15. The molecule has 0 radical (unpaired) electrons. The average molecular weight is 416 g/mol. The van der Waals surface area contributed by atoms with Crippen LogP contribution in [-0.4, -0.2) is 22.0 Å². The molecule has 0 aliphatic heterocycles. The number of carbonyl (C=O) groups is 1. The molecule has 0 bridgehead atoms. The molecule has 1 amide bonds. The third-order valence-corrected chi connectivity index (χ3v) is 4.30. The largest absolute Gasteiger partial charge is 0.352 e. The maximum Gasteiger partial charge on any atom is 0.254 e. The summed E-state index contributed by atoms with van der Waals surface area (Å²) in [6.07, 6.45) is 1.41. The fourth-order valence-corrected chi connectivity index (χ4v) is 3.10. The van der Waals surface area contributed by atoms with Crippen LogP contribution >= 0.6 is 15.9 Å². The van der Waals surface area contributed by atoms with E-state index in [-0.39, 0.29) is 5.56 Å². The highest BCUT2D eigenvalue weighted by Crippen LogP contribution is 2.19. The van der Waals surface area contributed by atoms with Gasteiger partial charge in [-0.25, -0.2) is 9.37 Å². The molecule has 0 saturated heterocycles. The number of amides is 1. The Balaban J connectivity index is 1.64. The van der Waals surface area contributed by atoms with Crippen LogP contribution in [0.2, 0.25) is 0 Å². The van der Waals surface area contributed by atoms with Crippen LogP contribution in [0.15, 0.2) is 59.6 Å². The molecule has 26 heavy (non-hydrogen) atoms. The lowest BCUT2D eigenvalue weighted by molar-refractivity contribution is 0.0949. The molecule has 0 saturated carbocycles. The van der Waals surface area contributed by atoms with Gasteiger partial charge in [0.05, 0.1) is 23.1 Å². The van der Waals surface area contributed by atoms with Crippen molar-refractivity contribution < 1.29 is 9.18 Å². The topological polar surface area (TPSA) is 46.9 Å². The molecule has 0 aliphatic carbocycles. The molecule has 1 aromatic heterocycles. The number of halogens is 2. The number of nitrogens with one attached hydrogen (secondary N) is 1. The van der Waals surface area contributed by atoms with Crippen LogP contribution in [0.5, 0.6) is 0 Å². The van der Waals surface area contributed by atoms with Crippen molar-refractivity contribution in [1.82, 2.24) is 14.9 Å². The van der Waals surface area contributed by atoms with Crippen LogP contribution in [-0.2, 0) is 13.0 Å². The van der Waals surface area contributed by atoms with Gasteiger partial charge in [0.25, 0.3) is 5.91 Å². The van der Waals surface area contributed by atoms with Gasteiger partial charge in [0.1, 0.15) is 11.6 Å². The zero-order chi connectivity index (χ0) is 18.5. The quantitative estimate of drug-likeness (QED) is 0.579. The molecule has 0 unspecified atom stereocenters. The second kappa shape index (κ2) is 8.27. The molecular formula is C20H19BrFN3O. The molecule has 0 aliphatic rings. The molecule has 2 aromatic carbocycles. The van der Waals surface area contributed by atoms with E-state index in [9.17, 15) is 9.18 Å². The van der Waals surface area contributed by atoms with E-state index in [1.807, 2.05) is 24.3 Å². The number of nitrogens with zero attached hydrogens (tertiary/aromatic N) is 2. The van der Waals surface area contributed by atoms with Crippen molar-refractivity contribution in [3.63, 3.8) is 0 Å². The van der Waals surface area contributed by atoms with Crippen LogP contribution in [0.4, 0.5) is 4.39 Å². The first kappa shape index (κ1) is 18.3. The second-order valence-corrected chi connectivity index (χ2v) is 7.08. The van der Waals surface area contributed by atoms with Crippen molar-refractivity contribution in [3.05, 3.63) is 76.8 Å². The fourth-order valence-electron chi connectivity index (χ4n) is 2.85. The number of aromatic nitrogens is 2. The third-order valence-electron chi connectivity index (χ3n) is 4.04. The number of rotatable bonds is 7. The Morgan fingerprint density at radius 2 is 1.92 bits per heavy atom. The predicted octanol–water partition coefficient (Wildman–Crippen LogP) is 4.45. The Bertz CT molecular complexity index is 951. The lowest BCUT2D eigenvalue weighted by Crippen LogP contribution is -2.25. The van der Waals surface area contributed by atoms with E-state index in [1.165, 1.54) is 12.1 Å². The molecule has 4 nitrogen and oxygen atoms in total. The van der Waals surface area contributed by atoms with E-state index in [0.29, 0.717) is 25.9 Å². The summed E-state index contributed by atoms with van der Waals surface area (Å²) in [7, 11) is 0. The van der Waals surface area contributed by atoms with Gasteiger partial charge in [-0.05, 0) is 30.7 Å². The number of carbonyl (C=O) groups excluding carboxylic acids is 1. The van der Waals surface area contributed by atoms with E-state index in [2.05, 4.69) is 37.4 Å². The highest BCUT2D eigenvalue weighted by Gasteiger charge is 2.12. The molecule has 1 heterocycles. The maximum atomic E-state index is 13.6. The molecule has 0 spiro atoms. The first-order valence-electron chi connectivity index (χ1n) is 8.36.